The lowest BCUT2D eigenvalue weighted by molar-refractivity contribution is 0.0728. The Bertz CT molecular complexity index is 495. The number of H-pyrrole nitrogens is 1. The summed E-state index contributed by atoms with van der Waals surface area (Å²) in [5.74, 6) is 0.0347. The van der Waals surface area contributed by atoms with Gasteiger partial charge in [-0.05, 0) is 38.3 Å². The first kappa shape index (κ1) is 12.4. The van der Waals surface area contributed by atoms with E-state index in [1.54, 1.807) is 6.07 Å². The molecule has 1 aromatic heterocycles. The Kier molecular flexibility index (Phi) is 3.38. The molecule has 5 heteroatoms. The van der Waals surface area contributed by atoms with E-state index in [0.29, 0.717) is 17.6 Å². The van der Waals surface area contributed by atoms with Gasteiger partial charge in [0.15, 0.2) is 0 Å². The smallest absolute Gasteiger partial charge is 0.255 e. The van der Waals surface area contributed by atoms with Crippen LogP contribution in [-0.4, -0.2) is 41.0 Å². The predicted molar refractivity (Wildman–Crippen MR) is 72.1 cm³/mol. The first-order valence-corrected chi connectivity index (χ1v) is 6.97. The molecule has 2 aliphatic rings. The van der Waals surface area contributed by atoms with E-state index in [9.17, 15) is 9.59 Å². The molecule has 1 saturated carbocycles. The summed E-state index contributed by atoms with van der Waals surface area (Å²) in [6.45, 7) is 1.83. The second-order valence-electron chi connectivity index (χ2n) is 5.42. The van der Waals surface area contributed by atoms with Crippen molar-refractivity contribution < 1.29 is 4.79 Å². The summed E-state index contributed by atoms with van der Waals surface area (Å²) < 4.78 is 0. The van der Waals surface area contributed by atoms with Crippen LogP contribution in [0.2, 0.25) is 0 Å². The number of rotatable bonds is 4. The minimum absolute atomic E-state index is 0.0347. The van der Waals surface area contributed by atoms with Crippen molar-refractivity contribution in [1.29, 1.82) is 0 Å². The van der Waals surface area contributed by atoms with Gasteiger partial charge in [-0.3, -0.25) is 9.59 Å². The van der Waals surface area contributed by atoms with Gasteiger partial charge in [-0.15, -0.1) is 0 Å². The van der Waals surface area contributed by atoms with Crippen LogP contribution in [-0.2, 0) is 0 Å². The highest BCUT2D eigenvalue weighted by molar-refractivity contribution is 5.94. The Morgan fingerprint density at radius 2 is 2.16 bits per heavy atom. The van der Waals surface area contributed by atoms with Gasteiger partial charge in [0.05, 0.1) is 5.56 Å². The van der Waals surface area contributed by atoms with Gasteiger partial charge in [0, 0.05) is 30.9 Å². The molecule has 1 aliphatic carbocycles. The maximum absolute atomic E-state index is 12.5. The minimum Gasteiger partial charge on any atom is -0.334 e. The number of amides is 1. The van der Waals surface area contributed by atoms with Gasteiger partial charge < -0.3 is 15.2 Å². The molecule has 3 rings (SSSR count). The number of carbonyl (C=O) groups is 1. The number of hydrogen-bond acceptors (Lipinski definition) is 3. The molecule has 0 aromatic carbocycles. The monoisotopic (exact) mass is 261 g/mol. The Hall–Kier alpha value is -1.62. The highest BCUT2D eigenvalue weighted by atomic mass is 16.2. The molecule has 1 atom stereocenters. The SMILES string of the molecule is O=C(c1ccc(=O)[nH]c1)N(CC1CCCN1)C1CC1. The van der Waals surface area contributed by atoms with Crippen LogP contribution in [0, 0.1) is 0 Å². The average Bonchev–Trinajstić information content (AvgIpc) is 3.13. The largest absolute Gasteiger partial charge is 0.334 e. The van der Waals surface area contributed by atoms with Crippen molar-refractivity contribution in [3.63, 3.8) is 0 Å². The summed E-state index contributed by atoms with van der Waals surface area (Å²) in [5.41, 5.74) is 0.400. The molecule has 5 nitrogen and oxygen atoms in total. The minimum atomic E-state index is -0.174. The standard InChI is InChI=1S/C14H19N3O2/c18-13-6-3-10(8-16-13)14(19)17(12-4-5-12)9-11-2-1-7-15-11/h3,6,8,11-12,15H,1-2,4-5,7,9H2,(H,16,18). The maximum atomic E-state index is 12.5. The molecule has 0 spiro atoms. The van der Waals surface area contributed by atoms with E-state index >= 15 is 0 Å². The molecule has 1 unspecified atom stereocenters. The lowest BCUT2D eigenvalue weighted by atomic mass is 10.2. The second kappa shape index (κ2) is 5.17. The van der Waals surface area contributed by atoms with Crippen LogP contribution in [0.15, 0.2) is 23.1 Å². The Morgan fingerprint density at radius 1 is 1.32 bits per heavy atom. The van der Waals surface area contributed by atoms with Gasteiger partial charge >= 0.3 is 0 Å². The normalized spacial score (nSPS) is 22.4. The Morgan fingerprint density at radius 3 is 2.74 bits per heavy atom. The van der Waals surface area contributed by atoms with Crippen molar-refractivity contribution in [2.45, 2.75) is 37.8 Å². The number of nitrogens with zero attached hydrogens (tertiary/aromatic N) is 1. The van der Waals surface area contributed by atoms with Crippen LogP contribution in [0.3, 0.4) is 0 Å². The maximum Gasteiger partial charge on any atom is 0.255 e. The molecule has 2 fully saturated rings. The molecule has 0 radical (unpaired) electrons. The number of aromatic amines is 1. The fourth-order valence-electron chi connectivity index (χ4n) is 2.64. The van der Waals surface area contributed by atoms with E-state index in [1.165, 1.54) is 18.7 Å². The van der Waals surface area contributed by atoms with E-state index < -0.39 is 0 Å². The highest BCUT2D eigenvalue weighted by Crippen LogP contribution is 2.29. The van der Waals surface area contributed by atoms with Crippen molar-refractivity contribution in [2.24, 2.45) is 0 Å². The number of aromatic nitrogens is 1. The van der Waals surface area contributed by atoms with Crippen LogP contribution in [0.1, 0.15) is 36.0 Å². The summed E-state index contributed by atoms with van der Waals surface area (Å²) in [7, 11) is 0. The van der Waals surface area contributed by atoms with Crippen molar-refractivity contribution in [2.75, 3.05) is 13.1 Å². The van der Waals surface area contributed by atoms with Crippen molar-refractivity contribution in [3.05, 3.63) is 34.2 Å². The molecule has 1 aliphatic heterocycles. The summed E-state index contributed by atoms with van der Waals surface area (Å²) in [6, 6.07) is 3.83. The third kappa shape index (κ3) is 2.87. The van der Waals surface area contributed by atoms with Crippen molar-refractivity contribution >= 4 is 5.91 Å². The zero-order chi connectivity index (χ0) is 13.2. The molecule has 1 saturated heterocycles. The van der Waals surface area contributed by atoms with Gasteiger partial charge in [-0.2, -0.15) is 0 Å². The first-order chi connectivity index (χ1) is 9.24. The molecule has 19 heavy (non-hydrogen) atoms. The van der Waals surface area contributed by atoms with Gasteiger partial charge in [-0.1, -0.05) is 0 Å². The van der Waals surface area contributed by atoms with Crippen LogP contribution < -0.4 is 10.9 Å². The number of nitrogens with one attached hydrogen (secondary N) is 2. The molecule has 2 N–H and O–H groups in total. The fourth-order valence-corrected chi connectivity index (χ4v) is 2.64. The van der Waals surface area contributed by atoms with Gasteiger partial charge in [0.1, 0.15) is 0 Å². The molecular weight excluding hydrogens is 242 g/mol. The molecule has 2 heterocycles. The quantitative estimate of drug-likeness (QED) is 0.840. The summed E-state index contributed by atoms with van der Waals surface area (Å²) in [5, 5.41) is 3.43. The number of pyridine rings is 1. The Balaban J connectivity index is 1.73. The second-order valence-corrected chi connectivity index (χ2v) is 5.42. The third-order valence-electron chi connectivity index (χ3n) is 3.86. The molecule has 102 valence electrons. The van der Waals surface area contributed by atoms with E-state index in [1.807, 2.05) is 4.90 Å². The Labute approximate surface area is 112 Å². The molecule has 1 aromatic rings. The van der Waals surface area contributed by atoms with E-state index in [4.69, 9.17) is 0 Å². The average molecular weight is 261 g/mol. The van der Waals surface area contributed by atoms with Crippen molar-refractivity contribution in [3.8, 4) is 0 Å². The molecule has 1 amide bonds. The van der Waals surface area contributed by atoms with Crippen LogP contribution >= 0.6 is 0 Å². The van der Waals surface area contributed by atoms with Gasteiger partial charge in [0.25, 0.3) is 5.91 Å². The summed E-state index contributed by atoms with van der Waals surface area (Å²) >= 11 is 0. The number of carbonyl (C=O) groups excluding carboxylic acids is 1. The van der Waals surface area contributed by atoms with Gasteiger partial charge in [-0.25, -0.2) is 0 Å². The van der Waals surface area contributed by atoms with Gasteiger partial charge in [0.2, 0.25) is 5.56 Å². The van der Waals surface area contributed by atoms with Crippen molar-refractivity contribution in [1.82, 2.24) is 15.2 Å². The predicted octanol–water partition coefficient (Wildman–Crippen LogP) is 0.731. The summed E-state index contributed by atoms with van der Waals surface area (Å²) in [4.78, 5) is 28.1. The fraction of sp³-hybridized carbons (Fsp3) is 0.571. The summed E-state index contributed by atoms with van der Waals surface area (Å²) in [6.07, 6.45) is 6.05. The zero-order valence-corrected chi connectivity index (χ0v) is 10.9. The van der Waals surface area contributed by atoms with Crippen LogP contribution in [0.4, 0.5) is 0 Å². The number of hydrogen-bond donors (Lipinski definition) is 2. The molecule has 0 bridgehead atoms. The van der Waals surface area contributed by atoms with Crippen LogP contribution in [0.5, 0.6) is 0 Å². The lowest BCUT2D eigenvalue weighted by Crippen LogP contribution is -2.42. The molecular formula is C14H19N3O2. The first-order valence-electron chi connectivity index (χ1n) is 6.97. The van der Waals surface area contributed by atoms with E-state index in [0.717, 1.165) is 32.4 Å². The lowest BCUT2D eigenvalue weighted by Gasteiger charge is -2.25. The third-order valence-corrected chi connectivity index (χ3v) is 3.86. The zero-order valence-electron chi connectivity index (χ0n) is 10.9. The topological polar surface area (TPSA) is 65.2 Å². The van der Waals surface area contributed by atoms with E-state index in [-0.39, 0.29) is 11.5 Å². The van der Waals surface area contributed by atoms with E-state index in [2.05, 4.69) is 10.3 Å². The highest BCUT2D eigenvalue weighted by Gasteiger charge is 2.34. The van der Waals surface area contributed by atoms with Crippen LogP contribution in [0.25, 0.3) is 0 Å².